The number of allylic oxidation sites excluding steroid dienone is 1. The zero-order valence-corrected chi connectivity index (χ0v) is 13.5. The van der Waals surface area contributed by atoms with Crippen LogP contribution in [0.25, 0.3) is 10.9 Å². The molecule has 1 aromatic carbocycles. The maximum atomic E-state index is 9.75. The summed E-state index contributed by atoms with van der Waals surface area (Å²) in [6, 6.07) is 9.22. The van der Waals surface area contributed by atoms with Crippen LogP contribution in [0.5, 0.6) is 0 Å². The maximum Gasteiger partial charge on any atom is 0.0644 e. The van der Waals surface area contributed by atoms with Crippen molar-refractivity contribution in [3.8, 4) is 0 Å². The van der Waals surface area contributed by atoms with E-state index in [2.05, 4.69) is 40.2 Å². The molecule has 3 nitrogen and oxygen atoms in total. The van der Waals surface area contributed by atoms with Gasteiger partial charge >= 0.3 is 0 Å². The van der Waals surface area contributed by atoms with Gasteiger partial charge in [-0.3, -0.25) is 4.90 Å². The predicted octanol–water partition coefficient (Wildman–Crippen LogP) is 3.42. The minimum absolute atomic E-state index is 0.243. The Morgan fingerprint density at radius 3 is 3.09 bits per heavy atom. The molecular weight excluding hydrogens is 284 g/mol. The highest BCUT2D eigenvalue weighted by Gasteiger charge is 2.41. The summed E-state index contributed by atoms with van der Waals surface area (Å²) in [5, 5.41) is 11.2. The lowest BCUT2D eigenvalue weighted by Crippen LogP contribution is -2.47. The average molecular weight is 308 g/mol. The quantitative estimate of drug-likeness (QED) is 0.792. The molecule has 0 amide bonds. The van der Waals surface area contributed by atoms with Gasteiger partial charge in [-0.15, -0.1) is 0 Å². The molecule has 3 aliphatic rings. The third-order valence-electron chi connectivity index (χ3n) is 6.39. The maximum absolute atomic E-state index is 9.75. The van der Waals surface area contributed by atoms with Gasteiger partial charge in [0.25, 0.3) is 0 Å². The van der Waals surface area contributed by atoms with Gasteiger partial charge in [0.2, 0.25) is 0 Å². The molecular formula is C20H24N2O. The monoisotopic (exact) mass is 308 g/mol. The third kappa shape index (κ3) is 2.03. The summed E-state index contributed by atoms with van der Waals surface area (Å²) < 4.78 is 0. The van der Waals surface area contributed by atoms with E-state index in [0.29, 0.717) is 12.0 Å². The average Bonchev–Trinajstić information content (AvgIpc) is 2.98. The minimum atomic E-state index is 0.243. The highest BCUT2D eigenvalue weighted by Crippen LogP contribution is 2.47. The lowest BCUT2D eigenvalue weighted by molar-refractivity contribution is 0.0539. The van der Waals surface area contributed by atoms with E-state index in [4.69, 9.17) is 0 Å². The second kappa shape index (κ2) is 5.22. The van der Waals surface area contributed by atoms with Crippen LogP contribution >= 0.6 is 0 Å². The Kier molecular flexibility index (Phi) is 3.14. The van der Waals surface area contributed by atoms with E-state index in [-0.39, 0.29) is 6.61 Å². The molecule has 0 unspecified atom stereocenters. The Bertz CT molecular complexity index is 775. The number of H-pyrrole nitrogens is 1. The molecule has 0 saturated carbocycles. The van der Waals surface area contributed by atoms with Crippen LogP contribution in [0.1, 0.15) is 36.6 Å². The van der Waals surface area contributed by atoms with Crippen LogP contribution in [0.4, 0.5) is 0 Å². The molecule has 0 spiro atoms. The van der Waals surface area contributed by atoms with E-state index in [1.165, 1.54) is 47.2 Å². The summed E-state index contributed by atoms with van der Waals surface area (Å²) >= 11 is 0. The molecule has 1 fully saturated rings. The van der Waals surface area contributed by atoms with Crippen molar-refractivity contribution in [2.24, 2.45) is 11.8 Å². The van der Waals surface area contributed by atoms with Gasteiger partial charge in [-0.1, -0.05) is 24.3 Å². The van der Waals surface area contributed by atoms with Gasteiger partial charge in [0, 0.05) is 29.7 Å². The second-order valence-corrected chi connectivity index (χ2v) is 7.44. The molecule has 1 aliphatic carbocycles. The van der Waals surface area contributed by atoms with Crippen molar-refractivity contribution in [3.05, 3.63) is 47.2 Å². The van der Waals surface area contributed by atoms with Crippen LogP contribution in [0.3, 0.4) is 0 Å². The molecule has 0 radical (unpaired) electrons. The van der Waals surface area contributed by atoms with Gasteiger partial charge < -0.3 is 10.1 Å². The number of fused-ring (bicyclic) bond motifs is 6. The predicted molar refractivity (Wildman–Crippen MR) is 92.3 cm³/mol. The van der Waals surface area contributed by atoms with Crippen LogP contribution in [0.2, 0.25) is 0 Å². The molecule has 1 saturated heterocycles. The molecule has 5 rings (SSSR count). The van der Waals surface area contributed by atoms with Crippen molar-refractivity contribution < 1.29 is 5.11 Å². The van der Waals surface area contributed by atoms with E-state index in [1.807, 2.05) is 0 Å². The number of aliphatic hydroxyl groups is 1. The van der Waals surface area contributed by atoms with Crippen molar-refractivity contribution in [2.75, 3.05) is 19.7 Å². The number of aromatic nitrogens is 1. The fourth-order valence-corrected chi connectivity index (χ4v) is 5.28. The van der Waals surface area contributed by atoms with Crippen LogP contribution < -0.4 is 0 Å². The lowest BCUT2D eigenvalue weighted by atomic mass is 9.70. The minimum Gasteiger partial charge on any atom is -0.392 e. The smallest absolute Gasteiger partial charge is 0.0644 e. The van der Waals surface area contributed by atoms with Crippen LogP contribution in [-0.2, 0) is 6.42 Å². The number of piperidine rings is 1. The Morgan fingerprint density at radius 1 is 1.26 bits per heavy atom. The molecule has 0 bridgehead atoms. The van der Waals surface area contributed by atoms with E-state index in [0.717, 1.165) is 25.2 Å². The molecule has 3 heteroatoms. The zero-order valence-electron chi connectivity index (χ0n) is 13.5. The summed E-state index contributed by atoms with van der Waals surface area (Å²) in [4.78, 5) is 6.41. The third-order valence-corrected chi connectivity index (χ3v) is 6.39. The normalized spacial score (nSPS) is 30.5. The molecule has 120 valence electrons. The number of hydrogen-bond donors (Lipinski definition) is 2. The van der Waals surface area contributed by atoms with Gasteiger partial charge in [-0.2, -0.15) is 0 Å². The first kappa shape index (κ1) is 13.8. The number of rotatable bonds is 1. The molecule has 3 atom stereocenters. The van der Waals surface area contributed by atoms with Gasteiger partial charge in [0.05, 0.1) is 12.6 Å². The number of nitrogens with zero attached hydrogens (tertiary/aromatic N) is 1. The number of aromatic amines is 1. The Hall–Kier alpha value is -1.58. The van der Waals surface area contributed by atoms with E-state index >= 15 is 0 Å². The highest BCUT2D eigenvalue weighted by molar-refractivity contribution is 5.85. The summed E-state index contributed by atoms with van der Waals surface area (Å²) in [6.45, 7) is 2.62. The fraction of sp³-hybridized carbons (Fsp3) is 0.500. The van der Waals surface area contributed by atoms with E-state index in [1.54, 1.807) is 0 Å². The highest BCUT2D eigenvalue weighted by atomic mass is 16.3. The van der Waals surface area contributed by atoms with E-state index in [9.17, 15) is 5.11 Å². The molecule has 2 aromatic rings. The summed E-state index contributed by atoms with van der Waals surface area (Å²) in [5.74, 6) is 1.32. The molecule has 23 heavy (non-hydrogen) atoms. The SMILES string of the molecule is OCC1=CCC[C@@H]2CN3CCc4c([nH]c5ccccc45)[C@@H]3C[C@H]12. The number of benzene rings is 1. The van der Waals surface area contributed by atoms with Crippen LogP contribution in [0, 0.1) is 11.8 Å². The van der Waals surface area contributed by atoms with Gasteiger partial charge in [0.1, 0.15) is 0 Å². The van der Waals surface area contributed by atoms with Crippen molar-refractivity contribution in [1.29, 1.82) is 0 Å². The van der Waals surface area contributed by atoms with E-state index < -0.39 is 0 Å². The van der Waals surface area contributed by atoms with Crippen molar-refractivity contribution in [2.45, 2.75) is 31.7 Å². The topological polar surface area (TPSA) is 39.3 Å². The zero-order chi connectivity index (χ0) is 15.4. The number of aliphatic hydroxyl groups excluding tert-OH is 1. The van der Waals surface area contributed by atoms with Crippen LogP contribution in [-0.4, -0.2) is 34.7 Å². The molecule has 2 aliphatic heterocycles. The van der Waals surface area contributed by atoms with Gasteiger partial charge in [-0.05, 0) is 54.7 Å². The summed E-state index contributed by atoms with van der Waals surface area (Å²) in [7, 11) is 0. The summed E-state index contributed by atoms with van der Waals surface area (Å²) in [5.41, 5.74) is 5.55. The lowest BCUT2D eigenvalue weighted by Gasteiger charge is -2.48. The van der Waals surface area contributed by atoms with Gasteiger partial charge in [-0.25, -0.2) is 0 Å². The first-order valence-electron chi connectivity index (χ1n) is 8.98. The molecule has 2 N–H and O–H groups in total. The van der Waals surface area contributed by atoms with Crippen molar-refractivity contribution in [1.82, 2.24) is 9.88 Å². The number of nitrogens with one attached hydrogen (secondary N) is 1. The first-order valence-corrected chi connectivity index (χ1v) is 8.98. The molecule has 1 aromatic heterocycles. The summed E-state index contributed by atoms with van der Waals surface area (Å²) in [6.07, 6.45) is 7.06. The fourth-order valence-electron chi connectivity index (χ4n) is 5.28. The Morgan fingerprint density at radius 2 is 2.17 bits per heavy atom. The Balaban J connectivity index is 1.56. The van der Waals surface area contributed by atoms with Crippen LogP contribution in [0.15, 0.2) is 35.9 Å². The van der Waals surface area contributed by atoms with Crippen molar-refractivity contribution >= 4 is 10.9 Å². The molecule has 3 heterocycles. The first-order chi connectivity index (χ1) is 11.3. The van der Waals surface area contributed by atoms with Gasteiger partial charge in [0.15, 0.2) is 0 Å². The standard InChI is InChI=1S/C20H24N2O/c23-12-14-5-3-4-13-11-22-9-8-16-15-6-1-2-7-18(15)21-20(16)19(22)10-17(13)14/h1-2,5-7,13,17,19,21,23H,3-4,8-12H2/t13-,17+,19+/m1/s1. The Labute approximate surface area is 137 Å². The second-order valence-electron chi connectivity index (χ2n) is 7.44. The van der Waals surface area contributed by atoms with Crippen molar-refractivity contribution in [3.63, 3.8) is 0 Å². The largest absolute Gasteiger partial charge is 0.392 e. The number of hydrogen-bond acceptors (Lipinski definition) is 2. The number of para-hydroxylation sites is 1.